The summed E-state index contributed by atoms with van der Waals surface area (Å²) in [7, 11) is -3.87. The highest BCUT2D eigenvalue weighted by Gasteiger charge is 2.36. The van der Waals surface area contributed by atoms with Crippen molar-refractivity contribution in [3.05, 3.63) is 82.0 Å². The van der Waals surface area contributed by atoms with Gasteiger partial charge < -0.3 is 10.1 Å². The molecule has 0 radical (unpaired) electrons. The molecule has 1 aliphatic rings. The summed E-state index contributed by atoms with van der Waals surface area (Å²) >= 11 is 1.51. The molecule has 0 fully saturated rings. The maximum atomic E-state index is 13.4. The summed E-state index contributed by atoms with van der Waals surface area (Å²) in [6.07, 6.45) is 0.623. The molecule has 9 heteroatoms. The fourth-order valence-corrected chi connectivity index (χ4v) is 6.05. The van der Waals surface area contributed by atoms with Crippen molar-refractivity contribution < 1.29 is 22.7 Å². The Kier molecular flexibility index (Phi) is 6.29. The normalized spacial score (nSPS) is 15.3. The summed E-state index contributed by atoms with van der Waals surface area (Å²) < 4.78 is 33.2. The van der Waals surface area contributed by atoms with E-state index < -0.39 is 28.5 Å². The Hall–Kier alpha value is -3.17. The number of thiophene rings is 1. The Morgan fingerprint density at radius 3 is 2.72 bits per heavy atom. The number of hydrogen-bond donors (Lipinski definition) is 1. The van der Waals surface area contributed by atoms with Gasteiger partial charge in [-0.05, 0) is 54.6 Å². The Labute approximate surface area is 190 Å². The molecule has 166 valence electrons. The largest absolute Gasteiger partial charge is 0.452 e. The van der Waals surface area contributed by atoms with Crippen molar-refractivity contribution in [3.8, 4) is 0 Å². The average molecular weight is 471 g/mol. The van der Waals surface area contributed by atoms with Crippen LogP contribution >= 0.6 is 11.3 Å². The third kappa shape index (κ3) is 4.53. The molecule has 4 rings (SSSR count). The molecule has 1 atom stereocenters. The van der Waals surface area contributed by atoms with E-state index in [1.807, 2.05) is 36.6 Å². The molecule has 7 nitrogen and oxygen atoms in total. The quantitative estimate of drug-likeness (QED) is 0.535. The monoisotopic (exact) mass is 470 g/mol. The van der Waals surface area contributed by atoms with E-state index in [4.69, 9.17) is 4.74 Å². The van der Waals surface area contributed by atoms with Crippen molar-refractivity contribution in [2.24, 2.45) is 0 Å². The number of hydrogen-bond acceptors (Lipinski definition) is 6. The van der Waals surface area contributed by atoms with Crippen LogP contribution in [0.2, 0.25) is 0 Å². The topological polar surface area (TPSA) is 92.8 Å². The van der Waals surface area contributed by atoms with E-state index in [2.05, 4.69) is 5.32 Å². The number of amides is 1. The Balaban J connectivity index is 1.45. The first-order valence-electron chi connectivity index (χ1n) is 10.0. The molecule has 1 aliphatic heterocycles. The number of benzene rings is 2. The maximum Gasteiger partial charge on any atom is 0.338 e. The molecule has 3 aromatic rings. The van der Waals surface area contributed by atoms with Crippen LogP contribution < -0.4 is 9.62 Å². The average Bonchev–Trinajstić information content (AvgIpc) is 3.43. The van der Waals surface area contributed by atoms with Crippen LogP contribution in [0.15, 0.2) is 70.9 Å². The molecule has 32 heavy (non-hydrogen) atoms. The minimum atomic E-state index is -3.87. The standard InChI is InChI=1S/C23H22N2O5S2/c1-16-12-17-6-2-3-10-21(17)25(16)32(28,29)20-9-4-7-18(13-20)23(27)30-15-22(26)24-14-19-8-5-11-31-19/h2-11,13,16H,12,14-15H2,1H3,(H,24,26)/t16-/m0/s1. The Morgan fingerprint density at radius 2 is 1.94 bits per heavy atom. The molecule has 0 unspecified atom stereocenters. The van der Waals surface area contributed by atoms with Crippen molar-refractivity contribution in [2.75, 3.05) is 10.9 Å². The zero-order valence-electron chi connectivity index (χ0n) is 17.4. The Morgan fingerprint density at radius 1 is 1.12 bits per heavy atom. The van der Waals surface area contributed by atoms with Gasteiger partial charge in [-0.2, -0.15) is 0 Å². The Bertz CT molecular complexity index is 1240. The second-order valence-corrected chi connectivity index (χ2v) is 10.3. The second-order valence-electron chi connectivity index (χ2n) is 7.44. The number of fused-ring (bicyclic) bond motifs is 1. The lowest BCUT2D eigenvalue weighted by molar-refractivity contribution is -0.124. The highest BCUT2D eigenvalue weighted by atomic mass is 32.2. The number of esters is 1. The van der Waals surface area contributed by atoms with Crippen LogP contribution in [0.5, 0.6) is 0 Å². The van der Waals surface area contributed by atoms with Crippen molar-refractivity contribution in [3.63, 3.8) is 0 Å². The van der Waals surface area contributed by atoms with Gasteiger partial charge in [-0.3, -0.25) is 9.10 Å². The molecular formula is C23H22N2O5S2. The molecule has 2 aromatic carbocycles. The molecular weight excluding hydrogens is 448 g/mol. The first kappa shape index (κ1) is 22.0. The third-order valence-electron chi connectivity index (χ3n) is 5.15. The molecule has 0 spiro atoms. The summed E-state index contributed by atoms with van der Waals surface area (Å²) in [4.78, 5) is 25.4. The maximum absolute atomic E-state index is 13.4. The van der Waals surface area contributed by atoms with E-state index in [1.54, 1.807) is 12.1 Å². The van der Waals surface area contributed by atoms with Gasteiger partial charge in [0, 0.05) is 10.9 Å². The molecule has 1 aromatic heterocycles. The van der Waals surface area contributed by atoms with Crippen LogP contribution in [0.25, 0.3) is 0 Å². The molecule has 1 amide bonds. The number of anilines is 1. The zero-order valence-corrected chi connectivity index (χ0v) is 19.0. The number of nitrogens with zero attached hydrogens (tertiary/aromatic N) is 1. The number of para-hydroxylation sites is 1. The SMILES string of the molecule is C[C@H]1Cc2ccccc2N1S(=O)(=O)c1cccc(C(=O)OCC(=O)NCc2cccs2)c1. The summed E-state index contributed by atoms with van der Waals surface area (Å²) in [5.41, 5.74) is 1.68. The van der Waals surface area contributed by atoms with Crippen LogP contribution in [0.4, 0.5) is 5.69 Å². The second kappa shape index (κ2) is 9.13. The van der Waals surface area contributed by atoms with E-state index in [1.165, 1.54) is 39.9 Å². The minimum Gasteiger partial charge on any atom is -0.452 e. The van der Waals surface area contributed by atoms with Crippen molar-refractivity contribution in [1.29, 1.82) is 0 Å². The number of carbonyl (C=O) groups is 2. The van der Waals surface area contributed by atoms with E-state index in [0.717, 1.165) is 10.4 Å². The molecule has 0 saturated carbocycles. The lowest BCUT2D eigenvalue weighted by atomic mass is 10.1. The van der Waals surface area contributed by atoms with Gasteiger partial charge >= 0.3 is 5.97 Å². The van der Waals surface area contributed by atoms with Gasteiger partial charge in [-0.1, -0.05) is 30.3 Å². The van der Waals surface area contributed by atoms with Gasteiger partial charge in [-0.25, -0.2) is 13.2 Å². The highest BCUT2D eigenvalue weighted by molar-refractivity contribution is 7.92. The number of rotatable bonds is 7. The molecule has 0 aliphatic carbocycles. The lowest BCUT2D eigenvalue weighted by Crippen LogP contribution is -2.35. The van der Waals surface area contributed by atoms with Gasteiger partial charge in [0.05, 0.1) is 22.7 Å². The molecule has 0 saturated heterocycles. The van der Waals surface area contributed by atoms with Crippen molar-refractivity contribution in [1.82, 2.24) is 5.32 Å². The van der Waals surface area contributed by atoms with Crippen LogP contribution in [-0.4, -0.2) is 32.9 Å². The van der Waals surface area contributed by atoms with E-state index in [-0.39, 0.29) is 16.5 Å². The van der Waals surface area contributed by atoms with E-state index >= 15 is 0 Å². The van der Waals surface area contributed by atoms with Gasteiger partial charge in [0.2, 0.25) is 0 Å². The fourth-order valence-electron chi connectivity index (χ4n) is 3.66. The smallest absolute Gasteiger partial charge is 0.338 e. The third-order valence-corrected chi connectivity index (χ3v) is 7.95. The number of nitrogens with one attached hydrogen (secondary N) is 1. The summed E-state index contributed by atoms with van der Waals surface area (Å²) in [5.74, 6) is -1.19. The summed E-state index contributed by atoms with van der Waals surface area (Å²) in [6.45, 7) is 1.76. The van der Waals surface area contributed by atoms with Crippen LogP contribution in [0.3, 0.4) is 0 Å². The number of sulfonamides is 1. The number of carbonyl (C=O) groups excluding carboxylic acids is 2. The van der Waals surface area contributed by atoms with Gasteiger partial charge in [0.1, 0.15) is 0 Å². The van der Waals surface area contributed by atoms with Gasteiger partial charge in [-0.15, -0.1) is 11.3 Å². The highest BCUT2D eigenvalue weighted by Crippen LogP contribution is 2.36. The van der Waals surface area contributed by atoms with Gasteiger partial charge in [0.25, 0.3) is 15.9 Å². The first-order chi connectivity index (χ1) is 15.4. The predicted molar refractivity (Wildman–Crippen MR) is 122 cm³/mol. The molecule has 0 bridgehead atoms. The molecule has 1 N–H and O–H groups in total. The minimum absolute atomic E-state index is 0.00218. The van der Waals surface area contributed by atoms with Crippen molar-refractivity contribution >= 4 is 38.9 Å². The van der Waals surface area contributed by atoms with Gasteiger partial charge in [0.15, 0.2) is 6.61 Å². The van der Waals surface area contributed by atoms with Crippen molar-refractivity contribution in [2.45, 2.75) is 30.8 Å². The van der Waals surface area contributed by atoms with E-state index in [0.29, 0.717) is 18.7 Å². The number of ether oxygens (including phenoxy) is 1. The fraction of sp³-hybridized carbons (Fsp3) is 0.217. The predicted octanol–water partition coefficient (Wildman–Crippen LogP) is 3.36. The summed E-state index contributed by atoms with van der Waals surface area (Å²) in [5, 5.41) is 4.58. The van der Waals surface area contributed by atoms with Crippen LogP contribution in [-0.2, 0) is 32.5 Å². The molecule has 2 heterocycles. The first-order valence-corrected chi connectivity index (χ1v) is 12.4. The summed E-state index contributed by atoms with van der Waals surface area (Å²) in [6, 6.07) is 16.6. The van der Waals surface area contributed by atoms with Crippen LogP contribution in [0.1, 0.15) is 27.7 Å². The lowest BCUT2D eigenvalue weighted by Gasteiger charge is -2.24. The van der Waals surface area contributed by atoms with E-state index in [9.17, 15) is 18.0 Å². The van der Waals surface area contributed by atoms with Crippen LogP contribution in [0, 0.1) is 0 Å². The zero-order chi connectivity index (χ0) is 22.7.